The quantitative estimate of drug-likeness (QED) is 0.357. The van der Waals surface area contributed by atoms with Crippen molar-refractivity contribution in [2.24, 2.45) is 10.8 Å². The molecule has 1 heterocycles. The average molecular weight is 516 g/mol. The standard InChI is InChI=1S/C25H35NO2.C6H14.CH4S/c1-14(2)17-8-10-18(11-9-17)24(28)22-16(5)21-19(26-23(22)15(3)4)12-25(6,7)13-20(21)27;1-5-6(2,3)4;1-2/h8-11,14-15,20,24,27-28H,12-13H2,1-7H3;5H2,1-4H3;2H,1H3/t20?,24-;;/m0../s1. The van der Waals surface area contributed by atoms with Gasteiger partial charge in [-0.3, -0.25) is 4.98 Å². The van der Waals surface area contributed by atoms with Crippen LogP contribution in [0.5, 0.6) is 0 Å². The van der Waals surface area contributed by atoms with Crippen LogP contribution in [-0.4, -0.2) is 21.5 Å². The first kappa shape index (κ1) is 32.7. The Morgan fingerprint density at radius 3 is 1.89 bits per heavy atom. The molecular formula is C32H53NO2S. The molecule has 36 heavy (non-hydrogen) atoms. The van der Waals surface area contributed by atoms with Gasteiger partial charge < -0.3 is 10.2 Å². The second-order valence-corrected chi connectivity index (χ2v) is 12.7. The van der Waals surface area contributed by atoms with Gasteiger partial charge in [0.15, 0.2) is 0 Å². The molecule has 0 saturated heterocycles. The molecule has 2 aromatic rings. The van der Waals surface area contributed by atoms with E-state index in [0.29, 0.717) is 11.3 Å². The molecule has 2 N–H and O–H groups in total. The van der Waals surface area contributed by atoms with Crippen LogP contribution in [-0.2, 0) is 6.42 Å². The molecule has 3 nitrogen and oxygen atoms in total. The van der Waals surface area contributed by atoms with Crippen molar-refractivity contribution in [2.45, 2.75) is 119 Å². The predicted octanol–water partition coefficient (Wildman–Crippen LogP) is 8.71. The summed E-state index contributed by atoms with van der Waals surface area (Å²) in [5.74, 6) is 0.661. The third-order valence-electron chi connectivity index (χ3n) is 7.18. The molecule has 0 amide bonds. The molecular weight excluding hydrogens is 462 g/mol. The van der Waals surface area contributed by atoms with E-state index < -0.39 is 12.2 Å². The van der Waals surface area contributed by atoms with E-state index in [1.54, 1.807) is 6.26 Å². The lowest BCUT2D eigenvalue weighted by atomic mass is 9.72. The van der Waals surface area contributed by atoms with Gasteiger partial charge in [-0.25, -0.2) is 0 Å². The van der Waals surface area contributed by atoms with Gasteiger partial charge in [0.2, 0.25) is 0 Å². The first-order valence-electron chi connectivity index (χ1n) is 13.5. The van der Waals surface area contributed by atoms with Crippen molar-refractivity contribution in [3.63, 3.8) is 0 Å². The third-order valence-corrected chi connectivity index (χ3v) is 7.18. The summed E-state index contributed by atoms with van der Waals surface area (Å²) in [6.07, 6.45) is 3.29. The molecule has 0 spiro atoms. The number of hydrogen-bond acceptors (Lipinski definition) is 4. The summed E-state index contributed by atoms with van der Waals surface area (Å²) >= 11 is 3.53. The summed E-state index contributed by atoms with van der Waals surface area (Å²) in [7, 11) is 0. The highest BCUT2D eigenvalue weighted by atomic mass is 32.1. The maximum atomic E-state index is 11.3. The van der Waals surface area contributed by atoms with Crippen molar-refractivity contribution >= 4 is 12.6 Å². The maximum Gasteiger partial charge on any atom is 0.106 e. The topological polar surface area (TPSA) is 53.4 Å². The Morgan fingerprint density at radius 2 is 1.47 bits per heavy atom. The first-order valence-corrected chi connectivity index (χ1v) is 14.4. The van der Waals surface area contributed by atoms with Gasteiger partial charge >= 0.3 is 0 Å². The van der Waals surface area contributed by atoms with Crippen LogP contribution in [0.4, 0.5) is 0 Å². The van der Waals surface area contributed by atoms with Crippen LogP contribution in [0, 0.1) is 17.8 Å². The maximum absolute atomic E-state index is 11.3. The van der Waals surface area contributed by atoms with Crippen LogP contribution in [0.15, 0.2) is 24.3 Å². The lowest BCUT2D eigenvalue weighted by molar-refractivity contribution is 0.0968. The highest BCUT2D eigenvalue weighted by molar-refractivity contribution is 7.79. The summed E-state index contributed by atoms with van der Waals surface area (Å²) in [6, 6.07) is 8.22. The van der Waals surface area contributed by atoms with Crippen molar-refractivity contribution in [3.8, 4) is 0 Å². The fraction of sp³-hybridized carbons (Fsp3) is 0.656. The zero-order valence-electron chi connectivity index (χ0n) is 25.0. The molecule has 1 aromatic carbocycles. The highest BCUT2D eigenvalue weighted by Gasteiger charge is 2.36. The number of aliphatic hydroxyl groups is 2. The zero-order valence-corrected chi connectivity index (χ0v) is 25.9. The molecule has 1 unspecified atom stereocenters. The van der Waals surface area contributed by atoms with Gasteiger partial charge in [0, 0.05) is 22.5 Å². The first-order chi connectivity index (χ1) is 16.6. The molecule has 1 aliphatic rings. The number of aliphatic hydroxyl groups excluding tert-OH is 2. The zero-order chi connectivity index (χ0) is 28.0. The van der Waals surface area contributed by atoms with E-state index in [9.17, 15) is 10.2 Å². The molecule has 0 bridgehead atoms. The van der Waals surface area contributed by atoms with E-state index in [0.717, 1.165) is 46.5 Å². The van der Waals surface area contributed by atoms with Crippen LogP contribution in [0.2, 0.25) is 0 Å². The average Bonchev–Trinajstić information content (AvgIpc) is 2.78. The molecule has 1 aromatic heterocycles. The van der Waals surface area contributed by atoms with E-state index in [-0.39, 0.29) is 11.3 Å². The van der Waals surface area contributed by atoms with Gasteiger partial charge in [-0.1, -0.05) is 99.9 Å². The lowest BCUT2D eigenvalue weighted by Gasteiger charge is -2.36. The minimum atomic E-state index is -0.737. The summed E-state index contributed by atoms with van der Waals surface area (Å²) in [4.78, 5) is 4.99. The van der Waals surface area contributed by atoms with Crippen LogP contribution < -0.4 is 0 Å². The smallest absolute Gasteiger partial charge is 0.106 e. The largest absolute Gasteiger partial charge is 0.388 e. The molecule has 0 fully saturated rings. The number of fused-ring (bicyclic) bond motifs is 1. The normalized spacial score (nSPS) is 17.5. The van der Waals surface area contributed by atoms with E-state index in [2.05, 4.69) is 94.0 Å². The molecule has 0 radical (unpaired) electrons. The van der Waals surface area contributed by atoms with E-state index in [1.807, 2.05) is 19.1 Å². The molecule has 3 rings (SSSR count). The summed E-state index contributed by atoms with van der Waals surface area (Å²) in [5, 5.41) is 22.2. The second kappa shape index (κ2) is 13.4. The number of rotatable bonds is 4. The fourth-order valence-corrected chi connectivity index (χ4v) is 4.56. The fourth-order valence-electron chi connectivity index (χ4n) is 4.56. The molecule has 2 atom stereocenters. The number of thiol groups is 1. The summed E-state index contributed by atoms with van der Waals surface area (Å²) in [5.41, 5.74) is 7.45. The summed E-state index contributed by atoms with van der Waals surface area (Å²) < 4.78 is 0. The second-order valence-electron chi connectivity index (χ2n) is 12.7. The SMILES string of the molecule is CCC(C)(C)C.CS.Cc1c2c(nc(C(C)C)c1[C@@H](O)c1ccc(C(C)C)cc1)CC(C)(C)CC2O. The minimum Gasteiger partial charge on any atom is -0.388 e. The van der Waals surface area contributed by atoms with E-state index >= 15 is 0 Å². The number of aromatic nitrogens is 1. The third kappa shape index (κ3) is 8.60. The lowest BCUT2D eigenvalue weighted by Crippen LogP contribution is -2.29. The Hall–Kier alpha value is -1.36. The minimum absolute atomic E-state index is 0.0346. The highest BCUT2D eigenvalue weighted by Crippen LogP contribution is 2.44. The van der Waals surface area contributed by atoms with E-state index in [1.165, 1.54) is 12.0 Å². The number of benzene rings is 1. The summed E-state index contributed by atoms with van der Waals surface area (Å²) in [6.45, 7) is 23.9. The molecule has 1 aliphatic carbocycles. The Balaban J connectivity index is 0.000000710. The number of hydrogen-bond donors (Lipinski definition) is 3. The van der Waals surface area contributed by atoms with Crippen molar-refractivity contribution in [2.75, 3.05) is 6.26 Å². The van der Waals surface area contributed by atoms with Gasteiger partial charge in [0.25, 0.3) is 0 Å². The van der Waals surface area contributed by atoms with Gasteiger partial charge in [0.1, 0.15) is 6.10 Å². The molecule has 0 saturated carbocycles. The monoisotopic (exact) mass is 515 g/mol. The van der Waals surface area contributed by atoms with Crippen LogP contribution >= 0.6 is 12.6 Å². The number of pyridine rings is 1. The van der Waals surface area contributed by atoms with Crippen molar-refractivity contribution in [3.05, 3.63) is 63.5 Å². The van der Waals surface area contributed by atoms with Crippen molar-refractivity contribution in [1.29, 1.82) is 0 Å². The van der Waals surface area contributed by atoms with Gasteiger partial charge in [-0.05, 0) is 65.4 Å². The van der Waals surface area contributed by atoms with Crippen LogP contribution in [0.25, 0.3) is 0 Å². The molecule has 204 valence electrons. The molecule has 0 aliphatic heterocycles. The van der Waals surface area contributed by atoms with Gasteiger partial charge in [0.05, 0.1) is 6.10 Å². The Kier molecular flexibility index (Phi) is 12.2. The van der Waals surface area contributed by atoms with Crippen LogP contribution in [0.3, 0.4) is 0 Å². The predicted molar refractivity (Wildman–Crippen MR) is 159 cm³/mol. The Morgan fingerprint density at radius 1 is 1.00 bits per heavy atom. The number of nitrogens with zero attached hydrogens (tertiary/aromatic N) is 1. The van der Waals surface area contributed by atoms with Crippen LogP contribution in [0.1, 0.15) is 145 Å². The molecule has 4 heteroatoms. The van der Waals surface area contributed by atoms with Gasteiger partial charge in [-0.15, -0.1) is 0 Å². The van der Waals surface area contributed by atoms with Gasteiger partial charge in [-0.2, -0.15) is 12.6 Å². The van der Waals surface area contributed by atoms with Crippen molar-refractivity contribution < 1.29 is 10.2 Å². The van der Waals surface area contributed by atoms with E-state index in [4.69, 9.17) is 4.98 Å². The Labute approximate surface area is 227 Å². The Bertz CT molecular complexity index is 956. The van der Waals surface area contributed by atoms with Crippen molar-refractivity contribution in [1.82, 2.24) is 4.98 Å².